The number of rotatable bonds is 14. The number of ether oxygens (including phenoxy) is 4. The molecule has 0 saturated carbocycles. The minimum absolute atomic E-state index is 0.00755. The Morgan fingerprint density at radius 3 is 1.56 bits per heavy atom. The van der Waals surface area contributed by atoms with Gasteiger partial charge in [-0.1, -0.05) is 72.8 Å². The van der Waals surface area contributed by atoms with Gasteiger partial charge >= 0.3 is 0 Å². The van der Waals surface area contributed by atoms with Crippen molar-refractivity contribution in [1.82, 2.24) is 5.32 Å². The van der Waals surface area contributed by atoms with Gasteiger partial charge in [-0.2, -0.15) is 0 Å². The van der Waals surface area contributed by atoms with Gasteiger partial charge in [0.2, 0.25) is 5.91 Å². The average molecular weight is 526 g/mol. The molecule has 6 heteroatoms. The van der Waals surface area contributed by atoms with Gasteiger partial charge in [-0.15, -0.1) is 0 Å². The number of aryl methyl sites for hydroxylation is 1. The predicted octanol–water partition coefficient (Wildman–Crippen LogP) is 6.15. The Hall–Kier alpha value is -4.45. The van der Waals surface area contributed by atoms with Crippen LogP contribution in [0.25, 0.3) is 0 Å². The quantitative estimate of drug-likeness (QED) is 0.214. The first kappa shape index (κ1) is 27.6. The third-order valence-corrected chi connectivity index (χ3v) is 6.31. The van der Waals surface area contributed by atoms with Gasteiger partial charge in [-0.05, 0) is 59.4 Å². The van der Waals surface area contributed by atoms with Crippen molar-refractivity contribution in [2.45, 2.75) is 32.5 Å². The predicted molar refractivity (Wildman–Crippen MR) is 153 cm³/mol. The highest BCUT2D eigenvalue weighted by atomic mass is 16.5. The monoisotopic (exact) mass is 525 g/mol. The van der Waals surface area contributed by atoms with Gasteiger partial charge in [0.25, 0.3) is 0 Å². The molecule has 0 spiro atoms. The Bertz CT molecular complexity index is 1320. The van der Waals surface area contributed by atoms with E-state index in [1.54, 1.807) is 14.2 Å². The summed E-state index contributed by atoms with van der Waals surface area (Å²) in [6, 6.07) is 31.7. The van der Waals surface area contributed by atoms with E-state index in [2.05, 4.69) is 5.32 Å². The van der Waals surface area contributed by atoms with E-state index in [4.69, 9.17) is 18.9 Å². The van der Waals surface area contributed by atoms with Crippen LogP contribution in [0.4, 0.5) is 0 Å². The molecule has 4 aromatic carbocycles. The van der Waals surface area contributed by atoms with Crippen LogP contribution in [0, 0.1) is 0 Å². The largest absolute Gasteiger partial charge is 0.493 e. The van der Waals surface area contributed by atoms with Crippen molar-refractivity contribution < 1.29 is 23.7 Å². The first-order valence-electron chi connectivity index (χ1n) is 13.1. The van der Waals surface area contributed by atoms with Crippen LogP contribution in [-0.4, -0.2) is 26.7 Å². The second kappa shape index (κ2) is 14.5. The van der Waals surface area contributed by atoms with E-state index in [9.17, 15) is 4.79 Å². The molecule has 0 unspecified atom stereocenters. The van der Waals surface area contributed by atoms with Crippen molar-refractivity contribution in [3.05, 3.63) is 119 Å². The maximum Gasteiger partial charge on any atom is 0.220 e. The summed E-state index contributed by atoms with van der Waals surface area (Å²) in [5.74, 6) is 2.73. The van der Waals surface area contributed by atoms with Crippen molar-refractivity contribution in [3.63, 3.8) is 0 Å². The molecular weight excluding hydrogens is 490 g/mol. The smallest absolute Gasteiger partial charge is 0.220 e. The molecular formula is C33H35NO5. The molecule has 0 radical (unpaired) electrons. The zero-order chi connectivity index (χ0) is 27.3. The van der Waals surface area contributed by atoms with Crippen molar-refractivity contribution in [1.29, 1.82) is 0 Å². The standard InChI is InChI=1S/C33H35NO5/c1-36-31-21-25(13-16-29(31)38-23-27-9-5-3-6-10-27)15-18-33(35)34-20-19-26-14-17-30(32(22-26)37-2)39-24-28-11-7-4-8-12-28/h3-14,16-17,21-22H,15,18-20,23-24H2,1-2H3,(H,34,35). The lowest BCUT2D eigenvalue weighted by molar-refractivity contribution is -0.121. The maximum atomic E-state index is 12.5. The van der Waals surface area contributed by atoms with Crippen molar-refractivity contribution in [3.8, 4) is 23.0 Å². The molecule has 202 valence electrons. The molecule has 1 amide bonds. The van der Waals surface area contributed by atoms with Gasteiger partial charge in [0.05, 0.1) is 14.2 Å². The molecule has 0 bridgehead atoms. The van der Waals surface area contributed by atoms with Gasteiger partial charge in [-0.3, -0.25) is 4.79 Å². The molecule has 0 fully saturated rings. The summed E-state index contributed by atoms with van der Waals surface area (Å²) < 4.78 is 22.9. The first-order valence-corrected chi connectivity index (χ1v) is 13.1. The molecule has 0 saturated heterocycles. The minimum Gasteiger partial charge on any atom is -0.493 e. The fourth-order valence-electron chi connectivity index (χ4n) is 4.14. The molecule has 0 aromatic heterocycles. The zero-order valence-corrected chi connectivity index (χ0v) is 22.5. The number of carbonyl (C=O) groups is 1. The van der Waals surface area contributed by atoms with E-state index in [-0.39, 0.29) is 5.91 Å². The Balaban J connectivity index is 1.21. The summed E-state index contributed by atoms with van der Waals surface area (Å²) in [5, 5.41) is 3.01. The van der Waals surface area contributed by atoms with Gasteiger partial charge in [-0.25, -0.2) is 0 Å². The van der Waals surface area contributed by atoms with E-state index >= 15 is 0 Å². The van der Waals surface area contributed by atoms with Gasteiger partial charge in [0, 0.05) is 13.0 Å². The number of carbonyl (C=O) groups excluding carboxylic acids is 1. The highest BCUT2D eigenvalue weighted by Gasteiger charge is 2.10. The van der Waals surface area contributed by atoms with Crippen LogP contribution in [0.3, 0.4) is 0 Å². The van der Waals surface area contributed by atoms with Crippen LogP contribution in [-0.2, 0) is 30.8 Å². The summed E-state index contributed by atoms with van der Waals surface area (Å²) >= 11 is 0. The summed E-state index contributed by atoms with van der Waals surface area (Å²) in [7, 11) is 3.26. The molecule has 0 aliphatic carbocycles. The topological polar surface area (TPSA) is 66.0 Å². The normalized spacial score (nSPS) is 10.5. The SMILES string of the molecule is COc1cc(CCNC(=O)CCc2ccc(OCc3ccccc3)c(OC)c2)ccc1OCc1ccccc1. The fourth-order valence-corrected chi connectivity index (χ4v) is 4.14. The van der Waals surface area contributed by atoms with Gasteiger partial charge < -0.3 is 24.3 Å². The number of nitrogens with one attached hydrogen (secondary N) is 1. The van der Waals surface area contributed by atoms with E-state index in [1.807, 2.05) is 97.1 Å². The van der Waals surface area contributed by atoms with Gasteiger partial charge in [0.1, 0.15) is 13.2 Å². The van der Waals surface area contributed by atoms with Crippen LogP contribution >= 0.6 is 0 Å². The van der Waals surface area contributed by atoms with Crippen LogP contribution in [0.2, 0.25) is 0 Å². The average Bonchev–Trinajstić information content (AvgIpc) is 2.99. The van der Waals surface area contributed by atoms with Gasteiger partial charge in [0.15, 0.2) is 23.0 Å². The highest BCUT2D eigenvalue weighted by Crippen LogP contribution is 2.30. The maximum absolute atomic E-state index is 12.5. The van der Waals surface area contributed by atoms with E-state index < -0.39 is 0 Å². The summed E-state index contributed by atoms with van der Waals surface area (Å²) in [6.45, 7) is 1.48. The number of methoxy groups -OCH3 is 2. The van der Waals surface area contributed by atoms with Crippen LogP contribution < -0.4 is 24.3 Å². The first-order chi connectivity index (χ1) is 19.1. The number of hydrogen-bond donors (Lipinski definition) is 1. The molecule has 39 heavy (non-hydrogen) atoms. The number of benzene rings is 4. The Morgan fingerprint density at radius 1 is 0.590 bits per heavy atom. The lowest BCUT2D eigenvalue weighted by Crippen LogP contribution is -2.25. The van der Waals surface area contributed by atoms with E-state index in [1.165, 1.54) is 0 Å². The van der Waals surface area contributed by atoms with Crippen LogP contribution in [0.15, 0.2) is 97.1 Å². The lowest BCUT2D eigenvalue weighted by Gasteiger charge is -2.13. The Morgan fingerprint density at radius 2 is 1.08 bits per heavy atom. The molecule has 6 nitrogen and oxygen atoms in total. The van der Waals surface area contributed by atoms with Crippen molar-refractivity contribution in [2.24, 2.45) is 0 Å². The third kappa shape index (κ3) is 8.54. The Labute approximate surface area is 230 Å². The third-order valence-electron chi connectivity index (χ3n) is 6.31. The molecule has 4 aromatic rings. The van der Waals surface area contributed by atoms with E-state index in [0.29, 0.717) is 62.0 Å². The molecule has 0 aliphatic heterocycles. The van der Waals surface area contributed by atoms with Crippen molar-refractivity contribution in [2.75, 3.05) is 20.8 Å². The van der Waals surface area contributed by atoms with Crippen LogP contribution in [0.1, 0.15) is 28.7 Å². The van der Waals surface area contributed by atoms with Crippen LogP contribution in [0.5, 0.6) is 23.0 Å². The summed E-state index contributed by atoms with van der Waals surface area (Å²) in [6.07, 6.45) is 1.70. The highest BCUT2D eigenvalue weighted by molar-refractivity contribution is 5.76. The molecule has 0 atom stereocenters. The lowest BCUT2D eigenvalue weighted by atomic mass is 10.1. The number of amides is 1. The van der Waals surface area contributed by atoms with Crippen molar-refractivity contribution >= 4 is 5.91 Å². The molecule has 1 N–H and O–H groups in total. The molecule has 4 rings (SSSR count). The summed E-state index contributed by atoms with van der Waals surface area (Å²) in [4.78, 5) is 12.5. The minimum atomic E-state index is 0.00755. The van der Waals surface area contributed by atoms with E-state index in [0.717, 1.165) is 22.3 Å². The Kier molecular flexibility index (Phi) is 10.2. The second-order valence-corrected chi connectivity index (χ2v) is 9.12. The second-order valence-electron chi connectivity index (χ2n) is 9.12. The molecule has 0 heterocycles. The summed E-state index contributed by atoms with van der Waals surface area (Å²) in [5.41, 5.74) is 4.27. The zero-order valence-electron chi connectivity index (χ0n) is 22.5. The molecule has 0 aliphatic rings. The fraction of sp³-hybridized carbons (Fsp3) is 0.242. The number of hydrogen-bond acceptors (Lipinski definition) is 5.